The number of nitrogens with one attached hydrogen (secondary N) is 1. The summed E-state index contributed by atoms with van der Waals surface area (Å²) >= 11 is 0. The van der Waals surface area contributed by atoms with Crippen LogP contribution in [-0.2, 0) is 7.05 Å². The third kappa shape index (κ3) is 4.35. The molecule has 0 aromatic carbocycles. The van der Waals surface area contributed by atoms with Crippen LogP contribution in [0, 0.1) is 5.41 Å². The normalized spacial score (nSPS) is 14.1. The molecule has 0 amide bonds. The third-order valence-corrected chi connectivity index (χ3v) is 2.72. The highest BCUT2D eigenvalue weighted by Crippen LogP contribution is 2.26. The van der Waals surface area contributed by atoms with E-state index in [2.05, 4.69) is 44.2 Å². The predicted octanol–water partition coefficient (Wildman–Crippen LogP) is 2.90. The van der Waals surface area contributed by atoms with Crippen LogP contribution < -0.4 is 5.32 Å². The standard InChI is InChI=1S/C13H25N3/c1-6-14-11(7-9-13(2,3)4)12-8-10-16(5)15-12/h8,10-11,14H,6-7,9H2,1-5H3. The second kappa shape index (κ2) is 5.48. The summed E-state index contributed by atoms with van der Waals surface area (Å²) in [5.41, 5.74) is 1.55. The van der Waals surface area contributed by atoms with Gasteiger partial charge in [0.1, 0.15) is 0 Å². The SMILES string of the molecule is CCNC(CCC(C)(C)C)c1ccn(C)n1. The van der Waals surface area contributed by atoms with Gasteiger partial charge in [-0.15, -0.1) is 0 Å². The topological polar surface area (TPSA) is 29.9 Å². The summed E-state index contributed by atoms with van der Waals surface area (Å²) < 4.78 is 1.87. The first-order valence-electron chi connectivity index (χ1n) is 6.15. The Bertz CT molecular complexity index is 309. The molecule has 0 spiro atoms. The molecule has 0 aliphatic heterocycles. The van der Waals surface area contributed by atoms with Gasteiger partial charge in [-0.2, -0.15) is 5.10 Å². The van der Waals surface area contributed by atoms with E-state index in [9.17, 15) is 0 Å². The molecule has 1 heterocycles. The minimum Gasteiger partial charge on any atom is -0.309 e. The van der Waals surface area contributed by atoms with Crippen molar-refractivity contribution in [3.63, 3.8) is 0 Å². The van der Waals surface area contributed by atoms with Gasteiger partial charge in [-0.3, -0.25) is 4.68 Å². The van der Waals surface area contributed by atoms with Gasteiger partial charge in [-0.1, -0.05) is 27.7 Å². The minimum absolute atomic E-state index is 0.391. The second-order valence-electron chi connectivity index (χ2n) is 5.62. The van der Waals surface area contributed by atoms with Crippen molar-refractivity contribution < 1.29 is 0 Å². The fourth-order valence-corrected chi connectivity index (χ4v) is 1.80. The quantitative estimate of drug-likeness (QED) is 0.832. The maximum atomic E-state index is 4.48. The number of hydrogen-bond acceptors (Lipinski definition) is 2. The van der Waals surface area contributed by atoms with Gasteiger partial charge in [0.05, 0.1) is 11.7 Å². The van der Waals surface area contributed by atoms with E-state index >= 15 is 0 Å². The lowest BCUT2D eigenvalue weighted by Gasteiger charge is -2.22. The Labute approximate surface area is 99.2 Å². The molecule has 0 radical (unpaired) electrons. The van der Waals surface area contributed by atoms with Crippen LogP contribution in [0.4, 0.5) is 0 Å². The minimum atomic E-state index is 0.391. The molecule has 16 heavy (non-hydrogen) atoms. The van der Waals surface area contributed by atoms with Gasteiger partial charge in [-0.05, 0) is 30.9 Å². The van der Waals surface area contributed by atoms with Gasteiger partial charge in [0.2, 0.25) is 0 Å². The van der Waals surface area contributed by atoms with E-state index in [-0.39, 0.29) is 0 Å². The lowest BCUT2D eigenvalue weighted by Crippen LogP contribution is -2.23. The van der Waals surface area contributed by atoms with Crippen molar-refractivity contribution in [2.45, 2.75) is 46.6 Å². The molecule has 0 aliphatic rings. The van der Waals surface area contributed by atoms with Crippen molar-refractivity contribution in [3.05, 3.63) is 18.0 Å². The van der Waals surface area contributed by atoms with E-state index in [0.29, 0.717) is 11.5 Å². The molecule has 3 nitrogen and oxygen atoms in total. The van der Waals surface area contributed by atoms with Gasteiger partial charge in [0, 0.05) is 13.2 Å². The van der Waals surface area contributed by atoms with E-state index in [1.165, 1.54) is 6.42 Å². The number of nitrogens with zero attached hydrogens (tertiary/aromatic N) is 2. The third-order valence-electron chi connectivity index (χ3n) is 2.72. The van der Waals surface area contributed by atoms with Gasteiger partial charge >= 0.3 is 0 Å². The molecule has 0 fully saturated rings. The first kappa shape index (κ1) is 13.2. The van der Waals surface area contributed by atoms with Gasteiger partial charge in [0.25, 0.3) is 0 Å². The molecule has 1 N–H and O–H groups in total. The highest BCUT2D eigenvalue weighted by Gasteiger charge is 2.17. The molecule has 0 saturated carbocycles. The molecule has 3 heteroatoms. The molecule has 1 aromatic rings. The summed E-state index contributed by atoms with van der Waals surface area (Å²) in [6.45, 7) is 10.00. The fourth-order valence-electron chi connectivity index (χ4n) is 1.80. The summed E-state index contributed by atoms with van der Waals surface area (Å²) in [6.07, 6.45) is 4.37. The highest BCUT2D eigenvalue weighted by molar-refractivity contribution is 5.05. The van der Waals surface area contributed by atoms with Crippen molar-refractivity contribution >= 4 is 0 Å². The van der Waals surface area contributed by atoms with Crippen LogP contribution in [0.15, 0.2) is 12.3 Å². The molecule has 1 aromatic heterocycles. The van der Waals surface area contributed by atoms with Crippen LogP contribution in [0.1, 0.15) is 52.3 Å². The number of aromatic nitrogens is 2. The summed E-state index contributed by atoms with van der Waals surface area (Å²) in [6, 6.07) is 2.50. The van der Waals surface area contributed by atoms with E-state index < -0.39 is 0 Å². The van der Waals surface area contributed by atoms with Crippen molar-refractivity contribution in [2.75, 3.05) is 6.54 Å². The Balaban J connectivity index is 2.61. The first-order valence-corrected chi connectivity index (χ1v) is 6.15. The number of hydrogen-bond donors (Lipinski definition) is 1. The molecule has 92 valence electrons. The zero-order valence-corrected chi connectivity index (χ0v) is 11.2. The zero-order valence-electron chi connectivity index (χ0n) is 11.2. The average Bonchev–Trinajstić information content (AvgIpc) is 2.57. The largest absolute Gasteiger partial charge is 0.309 e. The summed E-state index contributed by atoms with van der Waals surface area (Å²) in [4.78, 5) is 0. The average molecular weight is 223 g/mol. The van der Waals surface area contributed by atoms with Crippen LogP contribution in [0.25, 0.3) is 0 Å². The Kier molecular flexibility index (Phi) is 4.54. The molecular formula is C13H25N3. The Morgan fingerprint density at radius 3 is 2.56 bits per heavy atom. The fraction of sp³-hybridized carbons (Fsp3) is 0.769. The van der Waals surface area contributed by atoms with Gasteiger partial charge in [-0.25, -0.2) is 0 Å². The summed E-state index contributed by atoms with van der Waals surface area (Å²) in [5.74, 6) is 0. The molecule has 1 atom stereocenters. The van der Waals surface area contributed by atoms with Crippen LogP contribution >= 0.6 is 0 Å². The number of aryl methyl sites for hydroxylation is 1. The van der Waals surface area contributed by atoms with Gasteiger partial charge < -0.3 is 5.32 Å². The van der Waals surface area contributed by atoms with Crippen molar-refractivity contribution in [1.29, 1.82) is 0 Å². The summed E-state index contributed by atoms with van der Waals surface area (Å²) in [7, 11) is 1.97. The molecular weight excluding hydrogens is 198 g/mol. The Hall–Kier alpha value is -0.830. The van der Waals surface area contributed by atoms with E-state index in [4.69, 9.17) is 0 Å². The Morgan fingerprint density at radius 2 is 2.12 bits per heavy atom. The Morgan fingerprint density at radius 1 is 1.44 bits per heavy atom. The van der Waals surface area contributed by atoms with Crippen LogP contribution in [-0.4, -0.2) is 16.3 Å². The smallest absolute Gasteiger partial charge is 0.0793 e. The van der Waals surface area contributed by atoms with Crippen LogP contribution in [0.3, 0.4) is 0 Å². The second-order valence-corrected chi connectivity index (χ2v) is 5.62. The monoisotopic (exact) mass is 223 g/mol. The van der Waals surface area contributed by atoms with E-state index in [0.717, 1.165) is 18.7 Å². The van der Waals surface area contributed by atoms with Crippen molar-refractivity contribution in [3.8, 4) is 0 Å². The predicted molar refractivity (Wildman–Crippen MR) is 68.3 cm³/mol. The molecule has 1 unspecified atom stereocenters. The van der Waals surface area contributed by atoms with Crippen molar-refractivity contribution in [1.82, 2.24) is 15.1 Å². The maximum Gasteiger partial charge on any atom is 0.0793 e. The first-order chi connectivity index (χ1) is 7.42. The van der Waals surface area contributed by atoms with Gasteiger partial charge in [0.15, 0.2) is 0 Å². The van der Waals surface area contributed by atoms with E-state index in [1.54, 1.807) is 0 Å². The highest BCUT2D eigenvalue weighted by atomic mass is 15.3. The lowest BCUT2D eigenvalue weighted by molar-refractivity contribution is 0.331. The van der Waals surface area contributed by atoms with E-state index in [1.807, 2.05) is 17.9 Å². The summed E-state index contributed by atoms with van der Waals surface area (Å²) in [5, 5.41) is 7.99. The molecule has 1 rings (SSSR count). The van der Waals surface area contributed by atoms with Crippen LogP contribution in [0.2, 0.25) is 0 Å². The zero-order chi connectivity index (χ0) is 12.2. The molecule has 0 saturated heterocycles. The lowest BCUT2D eigenvalue weighted by atomic mass is 9.88. The molecule has 0 bridgehead atoms. The molecule has 0 aliphatic carbocycles. The number of rotatable bonds is 5. The van der Waals surface area contributed by atoms with Crippen LogP contribution in [0.5, 0.6) is 0 Å². The van der Waals surface area contributed by atoms with Crippen molar-refractivity contribution in [2.24, 2.45) is 12.5 Å². The maximum absolute atomic E-state index is 4.48.